The number of Topliss-reactive ketones (excluding diaryl/α,β-unsaturated/α-hetero) is 1. The molecule has 0 saturated heterocycles. The number of nitrogens with two attached hydrogens (primary N) is 1. The van der Waals surface area contributed by atoms with E-state index in [1.54, 1.807) is 11.9 Å². The number of benzene rings is 1. The Bertz CT molecular complexity index is 837. The minimum absolute atomic E-state index is 0.0167. The number of carbonyl (C=O) groups excluding carboxylic acids is 1. The van der Waals surface area contributed by atoms with Crippen LogP contribution in [0.25, 0.3) is 0 Å². The molecule has 0 aliphatic rings. The number of hydrogen-bond acceptors (Lipinski definition) is 5. The van der Waals surface area contributed by atoms with Crippen LogP contribution in [-0.2, 0) is 6.54 Å². The van der Waals surface area contributed by atoms with Crippen LogP contribution in [0.15, 0.2) is 39.9 Å². The number of nitrogen functional groups attached to an aromatic ring is 1. The number of rotatable bonds is 6. The minimum Gasteiger partial charge on any atom is -0.384 e. The van der Waals surface area contributed by atoms with Crippen molar-refractivity contribution in [2.45, 2.75) is 20.4 Å². The number of aromatic amines is 1. The molecule has 128 valence electrons. The molecule has 0 atom stereocenters. The highest BCUT2D eigenvalue weighted by molar-refractivity contribution is 6.02. The first-order valence-electron chi connectivity index (χ1n) is 7.73. The van der Waals surface area contributed by atoms with Crippen LogP contribution >= 0.6 is 0 Å². The second-order valence-electron chi connectivity index (χ2n) is 6.14. The second-order valence-corrected chi connectivity index (χ2v) is 6.14. The highest BCUT2D eigenvalue weighted by Crippen LogP contribution is 2.13. The van der Waals surface area contributed by atoms with Crippen LogP contribution in [0.3, 0.4) is 0 Å². The maximum absolute atomic E-state index is 12.6. The zero-order chi connectivity index (χ0) is 17.9. The zero-order valence-electron chi connectivity index (χ0n) is 14.1. The molecule has 7 heteroatoms. The van der Waals surface area contributed by atoms with Crippen molar-refractivity contribution >= 4 is 17.3 Å². The predicted molar refractivity (Wildman–Crippen MR) is 94.6 cm³/mol. The molecule has 24 heavy (non-hydrogen) atoms. The summed E-state index contributed by atoms with van der Waals surface area (Å²) in [6.45, 7) is 4.15. The largest absolute Gasteiger partial charge is 0.384 e. The molecular weight excluding hydrogens is 308 g/mol. The van der Waals surface area contributed by atoms with Gasteiger partial charge in [-0.2, -0.15) is 0 Å². The Morgan fingerprint density at radius 1 is 1.25 bits per heavy atom. The van der Waals surface area contributed by atoms with E-state index in [4.69, 9.17) is 5.73 Å². The van der Waals surface area contributed by atoms with Gasteiger partial charge in [0.05, 0.1) is 6.54 Å². The first-order chi connectivity index (χ1) is 11.3. The molecule has 0 spiro atoms. The average Bonchev–Trinajstić information content (AvgIpc) is 2.51. The van der Waals surface area contributed by atoms with Gasteiger partial charge < -0.3 is 10.6 Å². The van der Waals surface area contributed by atoms with Gasteiger partial charge >= 0.3 is 5.69 Å². The van der Waals surface area contributed by atoms with Crippen molar-refractivity contribution in [3.05, 3.63) is 56.7 Å². The maximum atomic E-state index is 12.6. The highest BCUT2D eigenvalue weighted by Gasteiger charge is 2.21. The molecule has 7 nitrogen and oxygen atoms in total. The molecular formula is C17H22N4O3. The molecule has 1 heterocycles. The van der Waals surface area contributed by atoms with Crippen molar-refractivity contribution in [3.63, 3.8) is 0 Å². The summed E-state index contributed by atoms with van der Waals surface area (Å²) in [4.78, 5) is 40.5. The van der Waals surface area contributed by atoms with Gasteiger partial charge in [0, 0.05) is 19.3 Å². The van der Waals surface area contributed by atoms with Crippen LogP contribution < -0.4 is 21.9 Å². The number of nitrogens with one attached hydrogen (secondary N) is 1. The van der Waals surface area contributed by atoms with Gasteiger partial charge in [0.15, 0.2) is 5.78 Å². The molecule has 0 aliphatic heterocycles. The van der Waals surface area contributed by atoms with Gasteiger partial charge in [-0.1, -0.05) is 32.0 Å². The number of aromatic nitrogens is 2. The summed E-state index contributed by atoms with van der Waals surface area (Å²) in [5, 5.41) is 0. The molecule has 0 bridgehead atoms. The maximum Gasteiger partial charge on any atom is 0.329 e. The third-order valence-corrected chi connectivity index (χ3v) is 3.64. The van der Waals surface area contributed by atoms with E-state index in [2.05, 4.69) is 4.98 Å². The Balaban J connectivity index is 2.36. The van der Waals surface area contributed by atoms with Crippen molar-refractivity contribution in [3.8, 4) is 0 Å². The molecule has 0 saturated carbocycles. The molecule has 2 aromatic rings. The van der Waals surface area contributed by atoms with Crippen molar-refractivity contribution in [2.24, 2.45) is 5.92 Å². The lowest BCUT2D eigenvalue weighted by Gasteiger charge is -2.19. The van der Waals surface area contributed by atoms with E-state index >= 15 is 0 Å². The van der Waals surface area contributed by atoms with E-state index in [0.29, 0.717) is 6.54 Å². The third kappa shape index (κ3) is 3.73. The number of nitrogens with zero attached hydrogens (tertiary/aromatic N) is 2. The molecule has 0 aliphatic carbocycles. The van der Waals surface area contributed by atoms with E-state index in [1.165, 1.54) is 4.57 Å². The van der Waals surface area contributed by atoms with Crippen molar-refractivity contribution in [1.82, 2.24) is 9.55 Å². The third-order valence-electron chi connectivity index (χ3n) is 3.64. The van der Waals surface area contributed by atoms with E-state index in [-0.39, 0.29) is 23.8 Å². The van der Waals surface area contributed by atoms with E-state index in [0.717, 1.165) is 5.69 Å². The van der Waals surface area contributed by atoms with Crippen LogP contribution in [0.1, 0.15) is 24.2 Å². The topological polar surface area (TPSA) is 101 Å². The van der Waals surface area contributed by atoms with Crippen LogP contribution in [0.2, 0.25) is 0 Å². The molecule has 0 unspecified atom stereocenters. The summed E-state index contributed by atoms with van der Waals surface area (Å²) in [7, 11) is 1.75. The normalized spacial score (nSPS) is 10.8. The molecule has 1 aromatic heterocycles. The quantitative estimate of drug-likeness (QED) is 0.772. The standard InChI is InChI=1S/C17H22N4O3/c1-11(2)9-21-15(18)14(16(23)19-17(21)24)13(22)10-20(3)12-7-5-4-6-8-12/h4-8,11H,9-10,18H2,1-3H3,(H,19,23,24). The minimum atomic E-state index is -0.746. The van der Waals surface area contributed by atoms with E-state index in [1.807, 2.05) is 44.2 Å². The Morgan fingerprint density at radius 3 is 2.46 bits per heavy atom. The van der Waals surface area contributed by atoms with Crippen molar-refractivity contribution in [2.75, 3.05) is 24.2 Å². The van der Waals surface area contributed by atoms with Gasteiger partial charge in [0.25, 0.3) is 5.56 Å². The van der Waals surface area contributed by atoms with Crippen molar-refractivity contribution < 1.29 is 4.79 Å². The molecule has 0 amide bonds. The molecule has 1 aromatic carbocycles. The lowest BCUT2D eigenvalue weighted by molar-refractivity contribution is 0.0999. The fourth-order valence-electron chi connectivity index (χ4n) is 2.47. The van der Waals surface area contributed by atoms with Crippen LogP contribution in [0.5, 0.6) is 0 Å². The Kier molecular flexibility index (Phi) is 5.23. The van der Waals surface area contributed by atoms with Gasteiger partial charge in [-0.3, -0.25) is 19.1 Å². The molecule has 0 radical (unpaired) electrons. The van der Waals surface area contributed by atoms with Crippen LogP contribution in [-0.4, -0.2) is 28.9 Å². The molecule has 2 rings (SSSR count). The van der Waals surface area contributed by atoms with Gasteiger partial charge in [0.1, 0.15) is 11.4 Å². The number of para-hydroxylation sites is 1. The van der Waals surface area contributed by atoms with Gasteiger partial charge in [-0.25, -0.2) is 4.79 Å². The number of hydrogen-bond donors (Lipinski definition) is 2. The lowest BCUT2D eigenvalue weighted by Crippen LogP contribution is -2.39. The monoisotopic (exact) mass is 330 g/mol. The fraction of sp³-hybridized carbons (Fsp3) is 0.353. The summed E-state index contributed by atoms with van der Waals surface area (Å²) in [6, 6.07) is 9.32. The number of anilines is 2. The Morgan fingerprint density at radius 2 is 1.88 bits per heavy atom. The van der Waals surface area contributed by atoms with E-state index < -0.39 is 17.0 Å². The average molecular weight is 330 g/mol. The predicted octanol–water partition coefficient (Wildman–Crippen LogP) is 1.09. The lowest BCUT2D eigenvalue weighted by atomic mass is 10.1. The second kappa shape index (κ2) is 7.16. The zero-order valence-corrected chi connectivity index (χ0v) is 14.1. The molecule has 0 fully saturated rings. The Hall–Kier alpha value is -2.83. The first-order valence-corrected chi connectivity index (χ1v) is 7.73. The van der Waals surface area contributed by atoms with Crippen LogP contribution in [0, 0.1) is 5.92 Å². The number of likely N-dealkylation sites (N-methyl/N-ethyl adjacent to an activating group) is 1. The Labute approximate surface area is 139 Å². The van der Waals surface area contributed by atoms with Crippen molar-refractivity contribution in [1.29, 1.82) is 0 Å². The summed E-state index contributed by atoms with van der Waals surface area (Å²) in [5.74, 6) is -0.368. The summed E-state index contributed by atoms with van der Waals surface area (Å²) >= 11 is 0. The first kappa shape index (κ1) is 17.5. The highest BCUT2D eigenvalue weighted by atomic mass is 16.2. The fourth-order valence-corrected chi connectivity index (χ4v) is 2.47. The van der Waals surface area contributed by atoms with Gasteiger partial charge in [-0.05, 0) is 18.1 Å². The van der Waals surface area contributed by atoms with Gasteiger partial charge in [-0.15, -0.1) is 0 Å². The summed E-state index contributed by atoms with van der Waals surface area (Å²) in [6.07, 6.45) is 0. The van der Waals surface area contributed by atoms with Gasteiger partial charge in [0.2, 0.25) is 0 Å². The van der Waals surface area contributed by atoms with Crippen LogP contribution in [0.4, 0.5) is 11.5 Å². The summed E-state index contributed by atoms with van der Waals surface area (Å²) in [5.41, 5.74) is 5.28. The summed E-state index contributed by atoms with van der Waals surface area (Å²) < 4.78 is 1.24. The molecule has 3 N–H and O–H groups in total. The SMILES string of the molecule is CC(C)Cn1c(N)c(C(=O)CN(C)c2ccccc2)c(=O)[nH]c1=O. The van der Waals surface area contributed by atoms with E-state index in [9.17, 15) is 14.4 Å². The number of carbonyl (C=O) groups is 1. The number of H-pyrrole nitrogens is 1. The number of ketones is 1. The smallest absolute Gasteiger partial charge is 0.329 e.